The lowest BCUT2D eigenvalue weighted by Crippen LogP contribution is -2.18. The Hall–Kier alpha value is -3.36. The SMILES string of the molecule is CNC(=O)c1cc(-c2cc(N)ncn2)[nH]c1-c1cc(C(F)(F)F)ccc1C. The standard InChI is InChI=1S/C18H16F3N5O/c1-9-3-4-10(18(19,20)21)5-11(9)16-12(17(27)23-2)6-14(26-16)13-7-15(22)25-8-24-13/h3-8,26H,1-2H3,(H,23,27)(H2,22,24,25). The number of halogens is 3. The van der Waals surface area contributed by atoms with Crippen LogP contribution in [0.1, 0.15) is 21.5 Å². The number of hydrogen-bond acceptors (Lipinski definition) is 4. The first kappa shape index (κ1) is 18.4. The minimum atomic E-state index is -4.49. The molecule has 0 bridgehead atoms. The van der Waals surface area contributed by atoms with Gasteiger partial charge in [0.15, 0.2) is 0 Å². The van der Waals surface area contributed by atoms with E-state index in [0.717, 1.165) is 12.1 Å². The third-order valence-corrected chi connectivity index (χ3v) is 4.09. The van der Waals surface area contributed by atoms with Crippen molar-refractivity contribution in [3.8, 4) is 22.6 Å². The summed E-state index contributed by atoms with van der Waals surface area (Å²) in [5, 5.41) is 2.49. The lowest BCUT2D eigenvalue weighted by Gasteiger charge is -2.12. The zero-order valence-corrected chi connectivity index (χ0v) is 14.5. The first-order valence-electron chi connectivity index (χ1n) is 7.92. The number of nitrogens with zero attached hydrogens (tertiary/aromatic N) is 2. The van der Waals surface area contributed by atoms with E-state index >= 15 is 0 Å². The van der Waals surface area contributed by atoms with Crippen LogP contribution in [0.4, 0.5) is 19.0 Å². The maximum Gasteiger partial charge on any atom is 0.416 e. The maximum absolute atomic E-state index is 13.1. The summed E-state index contributed by atoms with van der Waals surface area (Å²) in [7, 11) is 1.44. The molecule has 0 atom stereocenters. The molecule has 3 aromatic rings. The van der Waals surface area contributed by atoms with Gasteiger partial charge in [-0.25, -0.2) is 9.97 Å². The van der Waals surface area contributed by atoms with E-state index < -0.39 is 17.6 Å². The molecule has 0 aliphatic carbocycles. The van der Waals surface area contributed by atoms with Gasteiger partial charge in [-0.15, -0.1) is 0 Å². The smallest absolute Gasteiger partial charge is 0.384 e. The second kappa shape index (κ2) is 6.75. The summed E-state index contributed by atoms with van der Waals surface area (Å²) in [6.07, 6.45) is -3.23. The Morgan fingerprint density at radius 1 is 1.19 bits per heavy atom. The van der Waals surface area contributed by atoms with Crippen molar-refractivity contribution in [3.05, 3.63) is 53.3 Å². The number of rotatable bonds is 3. The van der Waals surface area contributed by atoms with Gasteiger partial charge in [0.05, 0.1) is 28.2 Å². The van der Waals surface area contributed by atoms with Gasteiger partial charge in [-0.05, 0) is 30.7 Å². The summed E-state index contributed by atoms with van der Waals surface area (Å²) >= 11 is 0. The molecule has 0 saturated carbocycles. The number of benzene rings is 1. The van der Waals surface area contributed by atoms with Crippen LogP contribution in [-0.4, -0.2) is 27.9 Å². The van der Waals surface area contributed by atoms with Crippen molar-refractivity contribution in [1.82, 2.24) is 20.3 Å². The number of nitrogen functional groups attached to an aromatic ring is 1. The van der Waals surface area contributed by atoms with Gasteiger partial charge >= 0.3 is 6.18 Å². The molecule has 0 spiro atoms. The molecule has 1 aromatic carbocycles. The van der Waals surface area contributed by atoms with Crippen LogP contribution in [-0.2, 0) is 6.18 Å². The van der Waals surface area contributed by atoms with Crippen molar-refractivity contribution >= 4 is 11.7 Å². The Morgan fingerprint density at radius 3 is 2.56 bits per heavy atom. The number of H-pyrrole nitrogens is 1. The van der Waals surface area contributed by atoms with Crippen molar-refractivity contribution in [2.24, 2.45) is 0 Å². The molecule has 2 aromatic heterocycles. The van der Waals surface area contributed by atoms with Crippen LogP contribution < -0.4 is 11.1 Å². The van der Waals surface area contributed by atoms with Gasteiger partial charge < -0.3 is 16.0 Å². The first-order chi connectivity index (χ1) is 12.7. The van der Waals surface area contributed by atoms with Gasteiger partial charge in [-0.3, -0.25) is 4.79 Å². The molecule has 0 unspecified atom stereocenters. The third-order valence-electron chi connectivity index (χ3n) is 4.09. The number of alkyl halides is 3. The van der Waals surface area contributed by atoms with E-state index in [1.807, 2.05) is 0 Å². The summed E-state index contributed by atoms with van der Waals surface area (Å²) in [4.78, 5) is 23.2. The minimum absolute atomic E-state index is 0.201. The van der Waals surface area contributed by atoms with Crippen molar-refractivity contribution in [2.45, 2.75) is 13.1 Å². The lowest BCUT2D eigenvalue weighted by molar-refractivity contribution is -0.137. The molecule has 0 radical (unpaired) electrons. The van der Waals surface area contributed by atoms with E-state index in [4.69, 9.17) is 5.73 Å². The predicted molar refractivity (Wildman–Crippen MR) is 94.8 cm³/mol. The lowest BCUT2D eigenvalue weighted by atomic mass is 9.99. The molecule has 0 aliphatic heterocycles. The van der Waals surface area contributed by atoms with Crippen LogP contribution in [0.25, 0.3) is 22.6 Å². The average molecular weight is 375 g/mol. The van der Waals surface area contributed by atoms with Crippen LogP contribution in [0.3, 0.4) is 0 Å². The zero-order chi connectivity index (χ0) is 19.8. The Balaban J connectivity index is 2.22. The largest absolute Gasteiger partial charge is 0.416 e. The Labute approximate surface area is 152 Å². The Kier molecular flexibility index (Phi) is 4.61. The molecule has 4 N–H and O–H groups in total. The number of nitrogens with two attached hydrogens (primary N) is 1. The van der Waals surface area contributed by atoms with E-state index in [1.165, 1.54) is 31.6 Å². The van der Waals surface area contributed by atoms with E-state index in [1.54, 1.807) is 6.92 Å². The average Bonchev–Trinajstić information content (AvgIpc) is 3.05. The number of aryl methyl sites for hydroxylation is 1. The van der Waals surface area contributed by atoms with E-state index in [9.17, 15) is 18.0 Å². The van der Waals surface area contributed by atoms with Crippen LogP contribution in [0.15, 0.2) is 36.7 Å². The minimum Gasteiger partial charge on any atom is -0.384 e. The summed E-state index contributed by atoms with van der Waals surface area (Å²) < 4.78 is 39.4. The number of aromatic amines is 1. The number of carbonyl (C=O) groups is 1. The highest BCUT2D eigenvalue weighted by Gasteiger charge is 2.31. The molecule has 0 fully saturated rings. The van der Waals surface area contributed by atoms with Gasteiger partial charge in [0.2, 0.25) is 0 Å². The quantitative estimate of drug-likeness (QED) is 0.654. The van der Waals surface area contributed by atoms with E-state index in [2.05, 4.69) is 20.3 Å². The highest BCUT2D eigenvalue weighted by Crippen LogP contribution is 2.36. The van der Waals surface area contributed by atoms with Gasteiger partial charge in [0.1, 0.15) is 12.1 Å². The van der Waals surface area contributed by atoms with Gasteiger partial charge in [0, 0.05) is 18.7 Å². The fourth-order valence-corrected chi connectivity index (χ4v) is 2.71. The predicted octanol–water partition coefficient (Wildman–Crippen LogP) is 3.41. The number of anilines is 1. The molecule has 6 nitrogen and oxygen atoms in total. The van der Waals surface area contributed by atoms with Crippen molar-refractivity contribution < 1.29 is 18.0 Å². The summed E-state index contributed by atoms with van der Waals surface area (Å²) in [5.41, 5.74) is 7.05. The Bertz CT molecular complexity index is 1010. The molecule has 27 heavy (non-hydrogen) atoms. The highest BCUT2D eigenvalue weighted by atomic mass is 19.4. The van der Waals surface area contributed by atoms with Crippen molar-refractivity contribution in [1.29, 1.82) is 0 Å². The number of carbonyl (C=O) groups excluding carboxylic acids is 1. The molecule has 140 valence electrons. The molecule has 0 aliphatic rings. The third kappa shape index (κ3) is 3.62. The number of aromatic nitrogens is 3. The molecule has 3 rings (SSSR count). The van der Waals surface area contributed by atoms with Crippen molar-refractivity contribution in [2.75, 3.05) is 12.8 Å². The summed E-state index contributed by atoms with van der Waals surface area (Å²) in [6.45, 7) is 1.67. The molecule has 9 heteroatoms. The second-order valence-corrected chi connectivity index (χ2v) is 5.91. The number of nitrogens with one attached hydrogen (secondary N) is 2. The number of hydrogen-bond donors (Lipinski definition) is 3. The monoisotopic (exact) mass is 375 g/mol. The highest BCUT2D eigenvalue weighted by molar-refractivity contribution is 6.01. The molecule has 0 saturated heterocycles. The number of amides is 1. The normalized spacial score (nSPS) is 11.4. The van der Waals surface area contributed by atoms with Gasteiger partial charge in [-0.2, -0.15) is 13.2 Å². The fraction of sp³-hybridized carbons (Fsp3) is 0.167. The summed E-state index contributed by atoms with van der Waals surface area (Å²) in [5.74, 6) is -0.209. The topological polar surface area (TPSA) is 96.7 Å². The summed E-state index contributed by atoms with van der Waals surface area (Å²) in [6, 6.07) is 6.42. The van der Waals surface area contributed by atoms with Crippen LogP contribution in [0, 0.1) is 6.92 Å². The van der Waals surface area contributed by atoms with Gasteiger partial charge in [0.25, 0.3) is 5.91 Å². The van der Waals surface area contributed by atoms with Crippen LogP contribution >= 0.6 is 0 Å². The molecule has 2 heterocycles. The zero-order valence-electron chi connectivity index (χ0n) is 14.5. The Morgan fingerprint density at radius 2 is 1.93 bits per heavy atom. The van der Waals surface area contributed by atoms with E-state index in [0.29, 0.717) is 17.0 Å². The molecular formula is C18H16F3N5O. The maximum atomic E-state index is 13.1. The van der Waals surface area contributed by atoms with Gasteiger partial charge in [-0.1, -0.05) is 6.07 Å². The first-order valence-corrected chi connectivity index (χ1v) is 7.92. The van der Waals surface area contributed by atoms with Crippen molar-refractivity contribution in [3.63, 3.8) is 0 Å². The second-order valence-electron chi connectivity index (χ2n) is 5.91. The molecular weight excluding hydrogens is 359 g/mol. The molecule has 1 amide bonds. The van der Waals surface area contributed by atoms with Crippen LogP contribution in [0.2, 0.25) is 0 Å². The van der Waals surface area contributed by atoms with E-state index in [-0.39, 0.29) is 22.6 Å². The van der Waals surface area contributed by atoms with Crippen LogP contribution in [0.5, 0.6) is 0 Å². The fourth-order valence-electron chi connectivity index (χ4n) is 2.71.